The fourth-order valence-corrected chi connectivity index (χ4v) is 3.37. The lowest BCUT2D eigenvalue weighted by molar-refractivity contribution is 0.0952. The number of ketones is 1. The summed E-state index contributed by atoms with van der Waals surface area (Å²) in [7, 11) is 0. The van der Waals surface area contributed by atoms with Gasteiger partial charge >= 0.3 is 0 Å². The van der Waals surface area contributed by atoms with Gasteiger partial charge in [0.2, 0.25) is 0 Å². The fourth-order valence-electron chi connectivity index (χ4n) is 2.82. The minimum atomic E-state index is 0.149. The van der Waals surface area contributed by atoms with Crippen molar-refractivity contribution in [3.8, 4) is 11.5 Å². The Morgan fingerprint density at radius 1 is 1.24 bits per heavy atom. The standard InChI is InChI=1S/C17H23BrO3/c1-11(10-17(2,3)4)7-14(19)12-8-15-16(9-13(12)18)21-6-5-20-15/h8-9,11H,5-7,10H2,1-4H3. The highest BCUT2D eigenvalue weighted by atomic mass is 79.9. The van der Waals surface area contributed by atoms with Crippen LogP contribution in [0.2, 0.25) is 0 Å². The molecule has 0 spiro atoms. The zero-order valence-corrected chi connectivity index (χ0v) is 14.7. The van der Waals surface area contributed by atoms with Crippen LogP contribution in [0.15, 0.2) is 16.6 Å². The van der Waals surface area contributed by atoms with Gasteiger partial charge in [-0.25, -0.2) is 0 Å². The number of carbonyl (C=O) groups excluding carboxylic acids is 1. The molecule has 116 valence electrons. The molecule has 1 aromatic carbocycles. The third kappa shape index (κ3) is 4.47. The van der Waals surface area contributed by atoms with Gasteiger partial charge in [0.15, 0.2) is 17.3 Å². The van der Waals surface area contributed by atoms with Gasteiger partial charge in [-0.1, -0.05) is 27.7 Å². The lowest BCUT2D eigenvalue weighted by Gasteiger charge is -2.23. The Kier molecular flexibility index (Phi) is 4.97. The minimum absolute atomic E-state index is 0.149. The second kappa shape index (κ2) is 6.39. The summed E-state index contributed by atoms with van der Waals surface area (Å²) in [6.45, 7) is 9.82. The number of halogens is 1. The highest BCUT2D eigenvalue weighted by Crippen LogP contribution is 2.36. The summed E-state index contributed by atoms with van der Waals surface area (Å²) >= 11 is 3.47. The van der Waals surface area contributed by atoms with Crippen molar-refractivity contribution in [2.75, 3.05) is 13.2 Å². The van der Waals surface area contributed by atoms with E-state index in [1.54, 1.807) is 6.07 Å². The summed E-state index contributed by atoms with van der Waals surface area (Å²) in [4.78, 5) is 12.5. The molecule has 21 heavy (non-hydrogen) atoms. The van der Waals surface area contributed by atoms with E-state index in [0.717, 1.165) is 10.9 Å². The highest BCUT2D eigenvalue weighted by Gasteiger charge is 2.22. The topological polar surface area (TPSA) is 35.5 Å². The first-order chi connectivity index (χ1) is 9.76. The molecule has 0 N–H and O–H groups in total. The largest absolute Gasteiger partial charge is 0.486 e. The SMILES string of the molecule is CC(CC(=O)c1cc2c(cc1Br)OCCO2)CC(C)(C)C. The first kappa shape index (κ1) is 16.3. The number of Topliss-reactive ketones (excluding diaryl/α,β-unsaturated/α-hetero) is 1. The van der Waals surface area contributed by atoms with Crippen LogP contribution in [0.25, 0.3) is 0 Å². The number of carbonyl (C=O) groups is 1. The number of rotatable bonds is 4. The smallest absolute Gasteiger partial charge is 0.164 e. The van der Waals surface area contributed by atoms with Gasteiger partial charge in [0.25, 0.3) is 0 Å². The molecule has 0 fully saturated rings. The van der Waals surface area contributed by atoms with Crippen LogP contribution in [0.3, 0.4) is 0 Å². The van der Waals surface area contributed by atoms with Crippen LogP contribution in [0.1, 0.15) is 50.9 Å². The molecule has 1 aliphatic rings. The predicted molar refractivity (Wildman–Crippen MR) is 87.3 cm³/mol. The molecule has 0 radical (unpaired) electrons. The van der Waals surface area contributed by atoms with Crippen LogP contribution >= 0.6 is 15.9 Å². The second-order valence-corrected chi connectivity index (χ2v) is 7.83. The van der Waals surface area contributed by atoms with Gasteiger partial charge in [-0.3, -0.25) is 4.79 Å². The number of hydrogen-bond donors (Lipinski definition) is 0. The summed E-state index contributed by atoms with van der Waals surface area (Å²) in [5.41, 5.74) is 0.920. The number of benzene rings is 1. The van der Waals surface area contributed by atoms with Gasteiger partial charge in [0.1, 0.15) is 13.2 Å². The quantitative estimate of drug-likeness (QED) is 0.723. The fraction of sp³-hybridized carbons (Fsp3) is 0.588. The molecule has 2 rings (SSSR count). The molecule has 0 saturated carbocycles. The molecule has 1 heterocycles. The van der Waals surface area contributed by atoms with Crippen molar-refractivity contribution >= 4 is 21.7 Å². The number of hydrogen-bond acceptors (Lipinski definition) is 3. The normalized spacial score (nSPS) is 15.7. The van der Waals surface area contributed by atoms with Crippen molar-refractivity contribution in [2.45, 2.75) is 40.5 Å². The molecule has 0 amide bonds. The maximum Gasteiger partial charge on any atom is 0.164 e. The molecule has 1 aliphatic heterocycles. The van der Waals surface area contributed by atoms with Crippen molar-refractivity contribution in [1.82, 2.24) is 0 Å². The molecule has 0 saturated heterocycles. The molecule has 1 atom stereocenters. The molecule has 3 nitrogen and oxygen atoms in total. The van der Waals surface area contributed by atoms with Crippen molar-refractivity contribution in [3.05, 3.63) is 22.2 Å². The van der Waals surface area contributed by atoms with Gasteiger partial charge in [0, 0.05) is 16.5 Å². The van der Waals surface area contributed by atoms with E-state index in [9.17, 15) is 4.79 Å². The molecule has 0 aromatic heterocycles. The van der Waals surface area contributed by atoms with Gasteiger partial charge < -0.3 is 9.47 Å². The van der Waals surface area contributed by atoms with E-state index >= 15 is 0 Å². The first-order valence-electron chi connectivity index (χ1n) is 7.38. The molecule has 4 heteroatoms. The summed E-state index contributed by atoms with van der Waals surface area (Å²) in [6, 6.07) is 3.63. The average molecular weight is 355 g/mol. The summed E-state index contributed by atoms with van der Waals surface area (Å²) in [6.07, 6.45) is 1.58. The Morgan fingerprint density at radius 3 is 2.38 bits per heavy atom. The maximum absolute atomic E-state index is 12.5. The van der Waals surface area contributed by atoms with Crippen molar-refractivity contribution in [3.63, 3.8) is 0 Å². The van der Waals surface area contributed by atoms with Gasteiger partial charge in [0.05, 0.1) is 0 Å². The van der Waals surface area contributed by atoms with Crippen molar-refractivity contribution in [2.24, 2.45) is 11.3 Å². The monoisotopic (exact) mass is 354 g/mol. The number of fused-ring (bicyclic) bond motifs is 1. The van der Waals surface area contributed by atoms with E-state index < -0.39 is 0 Å². The molecular weight excluding hydrogens is 332 g/mol. The average Bonchev–Trinajstić information content (AvgIpc) is 2.35. The van der Waals surface area contributed by atoms with E-state index in [4.69, 9.17) is 9.47 Å². The van der Waals surface area contributed by atoms with Crippen molar-refractivity contribution in [1.29, 1.82) is 0 Å². The third-order valence-corrected chi connectivity index (χ3v) is 4.08. The lowest BCUT2D eigenvalue weighted by Crippen LogP contribution is -2.17. The zero-order chi connectivity index (χ0) is 15.6. The summed E-state index contributed by atoms with van der Waals surface area (Å²) in [5, 5.41) is 0. The minimum Gasteiger partial charge on any atom is -0.486 e. The molecule has 1 aromatic rings. The zero-order valence-electron chi connectivity index (χ0n) is 13.2. The molecular formula is C17H23BrO3. The Balaban J connectivity index is 2.12. The van der Waals surface area contributed by atoms with Gasteiger partial charge in [-0.15, -0.1) is 0 Å². The van der Waals surface area contributed by atoms with E-state index in [2.05, 4.69) is 43.6 Å². The Labute approximate surface area is 135 Å². The van der Waals surface area contributed by atoms with E-state index in [-0.39, 0.29) is 11.2 Å². The van der Waals surface area contributed by atoms with Crippen LogP contribution in [-0.4, -0.2) is 19.0 Å². The second-order valence-electron chi connectivity index (χ2n) is 6.97. The van der Waals surface area contributed by atoms with Crippen LogP contribution in [0.4, 0.5) is 0 Å². The summed E-state index contributed by atoms with van der Waals surface area (Å²) < 4.78 is 11.9. The Hall–Kier alpha value is -1.03. The van der Waals surface area contributed by atoms with Crippen LogP contribution in [0.5, 0.6) is 11.5 Å². The van der Waals surface area contributed by atoms with Gasteiger partial charge in [-0.05, 0) is 45.8 Å². The first-order valence-corrected chi connectivity index (χ1v) is 8.18. The molecule has 0 aliphatic carbocycles. The van der Waals surface area contributed by atoms with Crippen LogP contribution in [-0.2, 0) is 0 Å². The lowest BCUT2D eigenvalue weighted by atomic mass is 9.83. The molecule has 0 bridgehead atoms. The van der Waals surface area contributed by atoms with Crippen molar-refractivity contribution < 1.29 is 14.3 Å². The van der Waals surface area contributed by atoms with E-state index in [0.29, 0.717) is 42.6 Å². The maximum atomic E-state index is 12.5. The Morgan fingerprint density at radius 2 is 1.81 bits per heavy atom. The van der Waals surface area contributed by atoms with Crippen LogP contribution < -0.4 is 9.47 Å². The Bertz CT molecular complexity index is 532. The molecule has 1 unspecified atom stereocenters. The van der Waals surface area contributed by atoms with Crippen LogP contribution in [0, 0.1) is 11.3 Å². The predicted octanol–water partition coefficient (Wildman–Crippen LogP) is 4.87. The summed E-state index contributed by atoms with van der Waals surface area (Å²) in [5.74, 6) is 1.87. The third-order valence-electron chi connectivity index (χ3n) is 3.43. The highest BCUT2D eigenvalue weighted by molar-refractivity contribution is 9.10. The van der Waals surface area contributed by atoms with E-state index in [1.807, 2.05) is 6.07 Å². The number of ether oxygens (including phenoxy) is 2. The van der Waals surface area contributed by atoms with E-state index in [1.165, 1.54) is 0 Å². The van der Waals surface area contributed by atoms with Gasteiger partial charge in [-0.2, -0.15) is 0 Å².